The molecule has 3 rings (SSSR count). The molecule has 0 amide bonds. The summed E-state index contributed by atoms with van der Waals surface area (Å²) < 4.78 is 37.4. The first-order valence-electron chi connectivity index (χ1n) is 10.2. The van der Waals surface area contributed by atoms with Gasteiger partial charge in [0.05, 0.1) is 11.0 Å². The number of ether oxygens (including phenoxy) is 2. The van der Waals surface area contributed by atoms with Crippen LogP contribution < -0.4 is 20.1 Å². The molecule has 1 aliphatic carbocycles. The summed E-state index contributed by atoms with van der Waals surface area (Å²) in [6.45, 7) is 2.59. The molecule has 1 saturated heterocycles. The summed E-state index contributed by atoms with van der Waals surface area (Å²) in [6, 6.07) is 6.46. The summed E-state index contributed by atoms with van der Waals surface area (Å²) in [6.07, 6.45) is 3.91. The van der Waals surface area contributed by atoms with Gasteiger partial charge in [-0.1, -0.05) is 6.07 Å². The number of methoxy groups -OCH3 is 1. The highest BCUT2D eigenvalue weighted by molar-refractivity contribution is 7.89. The zero-order valence-corrected chi connectivity index (χ0v) is 18.0. The van der Waals surface area contributed by atoms with Gasteiger partial charge in [-0.15, -0.1) is 0 Å². The van der Waals surface area contributed by atoms with Crippen molar-refractivity contribution in [2.45, 2.75) is 48.8 Å². The minimum atomic E-state index is -3.53. The van der Waals surface area contributed by atoms with Gasteiger partial charge >= 0.3 is 0 Å². The molecule has 1 saturated carbocycles. The van der Waals surface area contributed by atoms with E-state index in [1.165, 1.54) is 32.0 Å². The predicted molar refractivity (Wildman–Crippen MR) is 111 cm³/mol. The molecule has 0 aromatic heterocycles. The van der Waals surface area contributed by atoms with Crippen LogP contribution in [0.25, 0.3) is 0 Å². The van der Waals surface area contributed by atoms with Crippen LogP contribution in [-0.2, 0) is 14.8 Å². The lowest BCUT2D eigenvalue weighted by molar-refractivity contribution is 0.0632. The molecule has 8 nitrogen and oxygen atoms in total. The van der Waals surface area contributed by atoms with Crippen LogP contribution in [0.15, 0.2) is 29.2 Å². The Balaban J connectivity index is 1.49. The van der Waals surface area contributed by atoms with Crippen LogP contribution in [0.3, 0.4) is 0 Å². The number of aliphatic hydroxyl groups is 1. The van der Waals surface area contributed by atoms with Gasteiger partial charge in [0.25, 0.3) is 0 Å². The van der Waals surface area contributed by atoms with Gasteiger partial charge in [-0.3, -0.25) is 0 Å². The zero-order valence-electron chi connectivity index (χ0n) is 17.2. The summed E-state index contributed by atoms with van der Waals surface area (Å²) in [4.78, 5) is 0.131. The lowest BCUT2D eigenvalue weighted by Gasteiger charge is -2.34. The van der Waals surface area contributed by atoms with E-state index in [2.05, 4.69) is 15.4 Å². The number of aliphatic hydroxyl groups excluding tert-OH is 1. The van der Waals surface area contributed by atoms with Crippen molar-refractivity contribution in [1.29, 1.82) is 0 Å². The first kappa shape index (κ1) is 22.5. The second-order valence-electron chi connectivity index (χ2n) is 8.09. The maximum Gasteiger partial charge on any atom is 0.240 e. The van der Waals surface area contributed by atoms with Gasteiger partial charge in [-0.05, 0) is 63.4 Å². The van der Waals surface area contributed by atoms with Crippen molar-refractivity contribution in [3.8, 4) is 5.75 Å². The molecular weight excluding hydrogens is 394 g/mol. The molecule has 1 spiro atoms. The Kier molecular flexibility index (Phi) is 7.53. The zero-order chi connectivity index (χ0) is 20.9. The molecule has 9 heteroatoms. The lowest BCUT2D eigenvalue weighted by atomic mass is 9.77. The van der Waals surface area contributed by atoms with Crippen molar-refractivity contribution in [2.24, 2.45) is 5.41 Å². The van der Waals surface area contributed by atoms with Crippen molar-refractivity contribution in [1.82, 2.24) is 15.4 Å². The number of sulfonamides is 1. The summed E-state index contributed by atoms with van der Waals surface area (Å²) >= 11 is 0. The predicted octanol–water partition coefficient (Wildman–Crippen LogP) is 0.471. The SMILES string of the molecule is CNS(=O)(=O)c1cccc(OC[C@@H](O)CNC2CC3(CCNCC3)CC2OC)c1. The fourth-order valence-corrected chi connectivity index (χ4v) is 5.22. The van der Waals surface area contributed by atoms with Crippen molar-refractivity contribution in [2.75, 3.05) is 40.4 Å². The average Bonchev–Trinajstić information content (AvgIpc) is 3.08. The molecule has 164 valence electrons. The van der Waals surface area contributed by atoms with Crippen molar-refractivity contribution in [3.05, 3.63) is 24.3 Å². The van der Waals surface area contributed by atoms with E-state index in [9.17, 15) is 13.5 Å². The number of nitrogens with one attached hydrogen (secondary N) is 3. The fraction of sp³-hybridized carbons (Fsp3) is 0.700. The monoisotopic (exact) mass is 427 g/mol. The third kappa shape index (κ3) is 5.68. The molecule has 3 atom stereocenters. The first-order valence-corrected chi connectivity index (χ1v) is 11.7. The van der Waals surface area contributed by atoms with Gasteiger partial charge in [0.2, 0.25) is 10.0 Å². The lowest BCUT2D eigenvalue weighted by Crippen LogP contribution is -2.42. The highest BCUT2D eigenvalue weighted by Gasteiger charge is 2.45. The number of hydrogen-bond donors (Lipinski definition) is 4. The Bertz CT molecular complexity index is 767. The van der Waals surface area contributed by atoms with Crippen molar-refractivity contribution in [3.63, 3.8) is 0 Å². The van der Waals surface area contributed by atoms with Crippen molar-refractivity contribution < 1.29 is 23.0 Å². The van der Waals surface area contributed by atoms with Crippen LogP contribution >= 0.6 is 0 Å². The summed E-state index contributed by atoms with van der Waals surface area (Å²) in [7, 11) is -0.408. The topological polar surface area (TPSA) is 109 Å². The number of rotatable bonds is 9. The highest BCUT2D eigenvalue weighted by atomic mass is 32.2. The Morgan fingerprint density at radius 1 is 1.31 bits per heavy atom. The molecular formula is C20H33N3O5S. The van der Waals surface area contributed by atoms with E-state index in [0.717, 1.165) is 25.9 Å². The molecule has 2 unspecified atom stereocenters. The van der Waals surface area contributed by atoms with Gasteiger partial charge in [0.1, 0.15) is 18.5 Å². The maximum absolute atomic E-state index is 11.9. The molecule has 2 aliphatic rings. The van der Waals surface area contributed by atoms with Gasteiger partial charge in [-0.2, -0.15) is 0 Å². The molecule has 0 radical (unpaired) electrons. The van der Waals surface area contributed by atoms with Crippen LogP contribution in [0.2, 0.25) is 0 Å². The number of benzene rings is 1. The van der Waals surface area contributed by atoms with E-state index in [1.54, 1.807) is 19.2 Å². The third-order valence-corrected chi connectivity index (χ3v) is 7.56. The Hall–Kier alpha value is -1.23. The summed E-state index contributed by atoms with van der Waals surface area (Å²) in [5.41, 5.74) is 0.338. The van der Waals surface area contributed by atoms with Crippen LogP contribution in [-0.4, -0.2) is 72.2 Å². The van der Waals surface area contributed by atoms with Crippen LogP contribution in [0.4, 0.5) is 0 Å². The van der Waals surface area contributed by atoms with E-state index in [4.69, 9.17) is 9.47 Å². The van der Waals surface area contributed by atoms with E-state index >= 15 is 0 Å². The second kappa shape index (κ2) is 9.72. The van der Waals surface area contributed by atoms with Crippen molar-refractivity contribution >= 4 is 10.0 Å². The standard InChI is InChI=1S/C20H33N3O5S/c1-21-29(25,26)17-5-3-4-16(10-17)28-14-15(24)13-23-18-11-20(12-19(18)27-2)6-8-22-9-7-20/h3-5,10,15,18-19,21-24H,6-9,11-14H2,1-2H3/t15-,18?,19?/m0/s1. The smallest absolute Gasteiger partial charge is 0.240 e. The van der Waals surface area contributed by atoms with Gasteiger partial charge < -0.3 is 25.2 Å². The molecule has 29 heavy (non-hydrogen) atoms. The van der Waals surface area contributed by atoms with E-state index in [-0.39, 0.29) is 23.6 Å². The maximum atomic E-state index is 11.9. The number of piperidine rings is 1. The van der Waals surface area contributed by atoms with Crippen LogP contribution in [0, 0.1) is 5.41 Å². The molecule has 1 aromatic rings. The number of hydrogen-bond acceptors (Lipinski definition) is 7. The quantitative estimate of drug-likeness (QED) is 0.454. The second-order valence-corrected chi connectivity index (χ2v) is 9.98. The molecule has 1 aliphatic heterocycles. The first-order chi connectivity index (χ1) is 13.9. The van der Waals surface area contributed by atoms with Crippen LogP contribution in [0.5, 0.6) is 5.75 Å². The minimum absolute atomic E-state index is 0.0789. The average molecular weight is 428 g/mol. The molecule has 0 bridgehead atoms. The van der Waals surface area contributed by atoms with E-state index in [0.29, 0.717) is 17.7 Å². The Labute approximate surface area is 173 Å². The summed E-state index contributed by atoms with van der Waals surface area (Å²) in [5, 5.41) is 17.2. The Morgan fingerprint density at radius 2 is 2.07 bits per heavy atom. The summed E-state index contributed by atoms with van der Waals surface area (Å²) in [5.74, 6) is 0.407. The normalized spacial score (nSPS) is 25.2. The van der Waals surface area contributed by atoms with Gasteiger partial charge in [0.15, 0.2) is 0 Å². The van der Waals surface area contributed by atoms with Gasteiger partial charge in [-0.25, -0.2) is 13.1 Å². The fourth-order valence-electron chi connectivity index (χ4n) is 4.45. The van der Waals surface area contributed by atoms with E-state index < -0.39 is 16.1 Å². The Morgan fingerprint density at radius 3 is 2.76 bits per heavy atom. The molecule has 1 aromatic carbocycles. The third-order valence-electron chi connectivity index (χ3n) is 6.15. The minimum Gasteiger partial charge on any atom is -0.491 e. The highest BCUT2D eigenvalue weighted by Crippen LogP contribution is 2.46. The van der Waals surface area contributed by atoms with E-state index in [1.807, 2.05) is 0 Å². The largest absolute Gasteiger partial charge is 0.491 e. The van der Waals surface area contributed by atoms with Crippen LogP contribution in [0.1, 0.15) is 25.7 Å². The molecule has 1 heterocycles. The molecule has 2 fully saturated rings. The molecule has 4 N–H and O–H groups in total. The van der Waals surface area contributed by atoms with Gasteiger partial charge in [0, 0.05) is 25.8 Å².